The van der Waals surface area contributed by atoms with Crippen molar-refractivity contribution in [2.24, 2.45) is 0 Å². The summed E-state index contributed by atoms with van der Waals surface area (Å²) in [7, 11) is 0. The first-order chi connectivity index (χ1) is 12.0. The molecule has 7 nitrogen and oxygen atoms in total. The third-order valence-electron chi connectivity index (χ3n) is 4.66. The summed E-state index contributed by atoms with van der Waals surface area (Å²) in [6, 6.07) is 5.62. The first-order valence-electron chi connectivity index (χ1n) is 8.74. The summed E-state index contributed by atoms with van der Waals surface area (Å²) in [5, 5.41) is 8.87. The van der Waals surface area contributed by atoms with Gasteiger partial charge in [0, 0.05) is 37.3 Å². The Balaban J connectivity index is 0.00000243. The quantitative estimate of drug-likeness (QED) is 0.714. The minimum atomic E-state index is -0.225. The van der Waals surface area contributed by atoms with Gasteiger partial charge in [0.25, 0.3) is 5.91 Å². The van der Waals surface area contributed by atoms with E-state index in [1.807, 2.05) is 12.1 Å². The van der Waals surface area contributed by atoms with E-state index in [0.717, 1.165) is 37.2 Å². The largest absolute Gasteiger partial charge is 0.348 e. The van der Waals surface area contributed by atoms with E-state index in [2.05, 4.69) is 16.0 Å². The van der Waals surface area contributed by atoms with Crippen LogP contribution in [0.1, 0.15) is 35.7 Å². The highest BCUT2D eigenvalue weighted by Gasteiger charge is 2.26. The van der Waals surface area contributed by atoms with Crippen LogP contribution in [-0.4, -0.2) is 49.9 Å². The van der Waals surface area contributed by atoms with Crippen LogP contribution in [0.2, 0.25) is 0 Å². The zero-order valence-electron chi connectivity index (χ0n) is 14.8. The van der Waals surface area contributed by atoms with E-state index in [0.29, 0.717) is 18.5 Å². The molecule has 8 heteroatoms. The van der Waals surface area contributed by atoms with Crippen LogP contribution in [0.4, 0.5) is 5.69 Å². The summed E-state index contributed by atoms with van der Waals surface area (Å²) < 4.78 is 0. The van der Waals surface area contributed by atoms with E-state index in [1.165, 1.54) is 6.92 Å². The van der Waals surface area contributed by atoms with Crippen LogP contribution in [0.3, 0.4) is 0 Å². The summed E-state index contributed by atoms with van der Waals surface area (Å²) >= 11 is 0. The Labute approximate surface area is 159 Å². The van der Waals surface area contributed by atoms with E-state index in [-0.39, 0.29) is 42.7 Å². The molecule has 0 bridgehead atoms. The first kappa shape index (κ1) is 20.2. The number of benzene rings is 1. The molecule has 0 saturated carbocycles. The maximum Gasteiger partial charge on any atom is 0.251 e. The maximum atomic E-state index is 12.4. The van der Waals surface area contributed by atoms with Crippen molar-refractivity contribution in [1.82, 2.24) is 16.0 Å². The highest BCUT2D eigenvalue weighted by molar-refractivity contribution is 6.00. The van der Waals surface area contributed by atoms with Crippen LogP contribution >= 0.6 is 12.4 Å². The number of hydrogen-bond donors (Lipinski definition) is 3. The summed E-state index contributed by atoms with van der Waals surface area (Å²) in [6.07, 6.45) is 2.78. The van der Waals surface area contributed by atoms with Crippen molar-refractivity contribution in [3.63, 3.8) is 0 Å². The summed E-state index contributed by atoms with van der Waals surface area (Å²) in [4.78, 5) is 37.3. The van der Waals surface area contributed by atoms with Gasteiger partial charge < -0.3 is 20.9 Å². The number of piperidine rings is 1. The van der Waals surface area contributed by atoms with Gasteiger partial charge in [-0.1, -0.05) is 0 Å². The number of rotatable bonds is 4. The van der Waals surface area contributed by atoms with Gasteiger partial charge in [0.1, 0.15) is 0 Å². The van der Waals surface area contributed by atoms with Crippen molar-refractivity contribution in [1.29, 1.82) is 0 Å². The van der Waals surface area contributed by atoms with E-state index < -0.39 is 0 Å². The lowest BCUT2D eigenvalue weighted by Gasteiger charge is -2.24. The fourth-order valence-corrected chi connectivity index (χ4v) is 3.34. The molecule has 0 aliphatic carbocycles. The van der Waals surface area contributed by atoms with Crippen molar-refractivity contribution in [3.8, 4) is 0 Å². The number of hydrogen-bond acceptors (Lipinski definition) is 4. The molecule has 1 atom stereocenters. The van der Waals surface area contributed by atoms with Crippen LogP contribution in [0, 0.1) is 0 Å². The number of anilines is 1. The molecule has 1 fully saturated rings. The maximum absolute atomic E-state index is 12.4. The topological polar surface area (TPSA) is 90.5 Å². The van der Waals surface area contributed by atoms with Gasteiger partial charge in [-0.3, -0.25) is 14.4 Å². The van der Waals surface area contributed by atoms with E-state index in [4.69, 9.17) is 0 Å². The first-order valence-corrected chi connectivity index (χ1v) is 8.74. The fourth-order valence-electron chi connectivity index (χ4n) is 3.34. The summed E-state index contributed by atoms with van der Waals surface area (Å²) in [6.45, 7) is 3.77. The highest BCUT2D eigenvalue weighted by atomic mass is 35.5. The summed E-state index contributed by atoms with van der Waals surface area (Å²) in [5.41, 5.74) is 2.44. The second kappa shape index (κ2) is 9.00. The number of fused-ring (bicyclic) bond motifs is 1. The number of nitrogens with zero attached hydrogens (tertiary/aromatic N) is 1. The SMILES string of the molecule is CC(=O)NCC(=O)N1CCc2cc(C(=O)N[C@H]3CCCNC3)ccc21.Cl. The molecule has 3 N–H and O–H groups in total. The van der Waals surface area contributed by atoms with Crippen LogP contribution in [0.15, 0.2) is 18.2 Å². The number of amides is 3. The Kier molecular flexibility index (Phi) is 6.99. The van der Waals surface area contributed by atoms with Crippen molar-refractivity contribution in [2.45, 2.75) is 32.2 Å². The molecule has 0 radical (unpaired) electrons. The molecule has 0 spiro atoms. The lowest BCUT2D eigenvalue weighted by atomic mass is 10.1. The zero-order chi connectivity index (χ0) is 17.8. The van der Waals surface area contributed by atoms with Gasteiger partial charge in [-0.05, 0) is 49.6 Å². The monoisotopic (exact) mass is 380 g/mol. The Hall–Kier alpha value is -2.12. The smallest absolute Gasteiger partial charge is 0.251 e. The fraction of sp³-hybridized carbons (Fsp3) is 0.500. The average molecular weight is 381 g/mol. The van der Waals surface area contributed by atoms with Gasteiger partial charge >= 0.3 is 0 Å². The van der Waals surface area contributed by atoms with Crippen LogP contribution in [0.25, 0.3) is 0 Å². The number of carbonyl (C=O) groups excluding carboxylic acids is 3. The molecular weight excluding hydrogens is 356 g/mol. The molecule has 3 amide bonds. The molecule has 1 aromatic carbocycles. The van der Waals surface area contributed by atoms with Gasteiger partial charge in [0.15, 0.2) is 0 Å². The van der Waals surface area contributed by atoms with Gasteiger partial charge in [0.2, 0.25) is 11.8 Å². The Morgan fingerprint density at radius 1 is 1.31 bits per heavy atom. The normalized spacial score (nSPS) is 18.5. The van der Waals surface area contributed by atoms with Crippen molar-refractivity contribution in [3.05, 3.63) is 29.3 Å². The van der Waals surface area contributed by atoms with Crippen molar-refractivity contribution in [2.75, 3.05) is 31.1 Å². The van der Waals surface area contributed by atoms with Gasteiger partial charge in [-0.25, -0.2) is 0 Å². The van der Waals surface area contributed by atoms with Crippen molar-refractivity contribution >= 4 is 35.8 Å². The number of carbonyl (C=O) groups is 3. The average Bonchev–Trinajstić information content (AvgIpc) is 3.03. The Morgan fingerprint density at radius 3 is 2.81 bits per heavy atom. The Bertz CT molecular complexity index is 689. The van der Waals surface area contributed by atoms with E-state index in [9.17, 15) is 14.4 Å². The Morgan fingerprint density at radius 2 is 2.12 bits per heavy atom. The second-order valence-corrected chi connectivity index (χ2v) is 6.57. The molecule has 0 unspecified atom stereocenters. The molecule has 142 valence electrons. The molecule has 0 aromatic heterocycles. The predicted molar refractivity (Wildman–Crippen MR) is 102 cm³/mol. The second-order valence-electron chi connectivity index (χ2n) is 6.57. The lowest BCUT2D eigenvalue weighted by Crippen LogP contribution is -2.45. The molecular formula is C18H25ClN4O3. The van der Waals surface area contributed by atoms with Gasteiger partial charge in [-0.2, -0.15) is 0 Å². The molecule has 1 saturated heterocycles. The van der Waals surface area contributed by atoms with Crippen LogP contribution in [-0.2, 0) is 16.0 Å². The molecule has 1 aromatic rings. The number of halogens is 1. The third-order valence-corrected chi connectivity index (χ3v) is 4.66. The van der Waals surface area contributed by atoms with E-state index in [1.54, 1.807) is 11.0 Å². The molecule has 2 heterocycles. The van der Waals surface area contributed by atoms with Crippen LogP contribution in [0.5, 0.6) is 0 Å². The molecule has 2 aliphatic heterocycles. The van der Waals surface area contributed by atoms with Gasteiger partial charge in [0.05, 0.1) is 6.54 Å². The minimum absolute atomic E-state index is 0. The summed E-state index contributed by atoms with van der Waals surface area (Å²) in [5.74, 6) is -0.434. The molecule has 3 rings (SSSR count). The van der Waals surface area contributed by atoms with Crippen molar-refractivity contribution < 1.29 is 14.4 Å². The predicted octanol–water partition coefficient (Wildman–Crippen LogP) is 0.615. The third kappa shape index (κ3) is 4.74. The molecule has 26 heavy (non-hydrogen) atoms. The highest BCUT2D eigenvalue weighted by Crippen LogP contribution is 2.29. The standard InChI is InChI=1S/C18H24N4O3.ClH/c1-12(23)20-11-17(24)22-8-6-13-9-14(4-5-16(13)22)18(25)21-15-3-2-7-19-10-15;/h4-5,9,15,19H,2-3,6-8,10-11H2,1H3,(H,20,23)(H,21,25);1H/t15-;/m0./s1. The zero-order valence-corrected chi connectivity index (χ0v) is 15.7. The minimum Gasteiger partial charge on any atom is -0.348 e. The lowest BCUT2D eigenvalue weighted by molar-refractivity contribution is -0.123. The van der Waals surface area contributed by atoms with Gasteiger partial charge in [-0.15, -0.1) is 12.4 Å². The molecule has 2 aliphatic rings. The number of nitrogens with one attached hydrogen (secondary N) is 3. The van der Waals surface area contributed by atoms with Crippen LogP contribution < -0.4 is 20.9 Å². The van der Waals surface area contributed by atoms with E-state index >= 15 is 0 Å².